The Balaban J connectivity index is 2.08. The van der Waals surface area contributed by atoms with Crippen molar-refractivity contribution in [1.29, 1.82) is 0 Å². The van der Waals surface area contributed by atoms with Crippen molar-refractivity contribution in [3.63, 3.8) is 0 Å². The maximum absolute atomic E-state index is 12.3. The Bertz CT molecular complexity index is 881. The van der Waals surface area contributed by atoms with Gasteiger partial charge >= 0.3 is 0 Å². The highest BCUT2D eigenvalue weighted by atomic mass is 32.2. The molecule has 0 unspecified atom stereocenters. The Hall–Kier alpha value is -2.62. The predicted octanol–water partition coefficient (Wildman–Crippen LogP) is 2.28. The van der Waals surface area contributed by atoms with Crippen molar-refractivity contribution < 1.29 is 13.2 Å². The minimum Gasteiger partial charge on any atom is -0.325 e. The molecule has 0 heterocycles. The fourth-order valence-electron chi connectivity index (χ4n) is 2.01. The van der Waals surface area contributed by atoms with Crippen molar-refractivity contribution in [1.82, 2.24) is 4.72 Å². The van der Waals surface area contributed by atoms with Gasteiger partial charge < -0.3 is 5.32 Å². The average molecular weight is 342 g/mol. The van der Waals surface area contributed by atoms with Crippen LogP contribution in [0.1, 0.15) is 18.1 Å². The van der Waals surface area contributed by atoms with Gasteiger partial charge in [-0.25, -0.2) is 8.42 Å². The summed E-state index contributed by atoms with van der Waals surface area (Å²) in [4.78, 5) is 12.3. The number of sulfonamides is 1. The van der Waals surface area contributed by atoms with E-state index in [0.29, 0.717) is 11.3 Å². The lowest BCUT2D eigenvalue weighted by molar-refractivity contribution is -0.117. The number of carbonyl (C=O) groups excluding carboxylic acids is 1. The Labute approximate surface area is 142 Å². The summed E-state index contributed by atoms with van der Waals surface area (Å²) in [5.74, 6) is 2.00. The van der Waals surface area contributed by atoms with Crippen LogP contribution in [0.15, 0.2) is 53.4 Å². The molecule has 0 spiro atoms. The molecule has 2 aromatic carbocycles. The molecule has 1 atom stereocenters. The second kappa shape index (κ2) is 7.30. The number of nitrogens with one attached hydrogen (secondary N) is 2. The highest BCUT2D eigenvalue weighted by Gasteiger charge is 2.22. The summed E-state index contributed by atoms with van der Waals surface area (Å²) in [5, 5.41) is 2.64. The molecule has 2 N–H and O–H groups in total. The van der Waals surface area contributed by atoms with Crippen LogP contribution in [0.25, 0.3) is 0 Å². The number of carbonyl (C=O) groups is 1. The lowest BCUT2D eigenvalue weighted by Crippen LogP contribution is -2.41. The zero-order valence-corrected chi connectivity index (χ0v) is 14.2. The molecule has 6 heteroatoms. The molecule has 0 bridgehead atoms. The van der Waals surface area contributed by atoms with Crippen LogP contribution >= 0.6 is 0 Å². The van der Waals surface area contributed by atoms with Gasteiger partial charge in [0.2, 0.25) is 15.9 Å². The highest BCUT2D eigenvalue weighted by Crippen LogP contribution is 2.12. The first-order valence-corrected chi connectivity index (χ1v) is 8.76. The monoisotopic (exact) mass is 342 g/mol. The number of amides is 1. The fraction of sp³-hybridized carbons (Fsp3) is 0.167. The summed E-state index contributed by atoms with van der Waals surface area (Å²) in [7, 11) is -3.77. The van der Waals surface area contributed by atoms with Gasteiger partial charge in [-0.15, -0.1) is 6.42 Å². The van der Waals surface area contributed by atoms with Crippen LogP contribution in [0.2, 0.25) is 0 Å². The van der Waals surface area contributed by atoms with Gasteiger partial charge in [-0.1, -0.05) is 29.7 Å². The van der Waals surface area contributed by atoms with E-state index in [1.807, 2.05) is 6.92 Å². The number of hydrogen-bond acceptors (Lipinski definition) is 3. The van der Waals surface area contributed by atoms with E-state index in [9.17, 15) is 13.2 Å². The Morgan fingerprint density at radius 2 is 1.83 bits per heavy atom. The third-order valence-corrected chi connectivity index (χ3v) is 4.91. The summed E-state index contributed by atoms with van der Waals surface area (Å²) < 4.78 is 26.9. The molecule has 124 valence electrons. The standard InChI is InChI=1S/C18H18N2O3S/c1-4-15-6-5-7-16(12-15)19-18(21)14(3)20-24(22,23)17-10-8-13(2)9-11-17/h1,5-12,14,20H,2-3H3,(H,19,21)/t14-/m0/s1. The van der Waals surface area contributed by atoms with Crippen LogP contribution in [0.4, 0.5) is 5.69 Å². The number of aryl methyl sites for hydroxylation is 1. The molecule has 1 amide bonds. The molecule has 2 rings (SSSR count). The van der Waals surface area contributed by atoms with E-state index in [-0.39, 0.29) is 4.90 Å². The maximum Gasteiger partial charge on any atom is 0.242 e. The summed E-state index contributed by atoms with van der Waals surface area (Å²) in [6.07, 6.45) is 5.31. The topological polar surface area (TPSA) is 75.3 Å². The van der Waals surface area contributed by atoms with E-state index in [1.165, 1.54) is 19.1 Å². The van der Waals surface area contributed by atoms with Crippen LogP contribution in [0.3, 0.4) is 0 Å². The number of hydrogen-bond donors (Lipinski definition) is 2. The normalized spacial score (nSPS) is 12.2. The minimum absolute atomic E-state index is 0.113. The van der Waals surface area contributed by atoms with Crippen molar-refractivity contribution in [2.45, 2.75) is 24.8 Å². The van der Waals surface area contributed by atoms with E-state index in [0.717, 1.165) is 5.56 Å². The molecule has 0 aliphatic carbocycles. The van der Waals surface area contributed by atoms with Gasteiger partial charge in [-0.05, 0) is 44.2 Å². The lowest BCUT2D eigenvalue weighted by Gasteiger charge is -2.15. The predicted molar refractivity (Wildman–Crippen MR) is 94.0 cm³/mol. The summed E-state index contributed by atoms with van der Waals surface area (Å²) in [6.45, 7) is 3.34. The molecule has 0 radical (unpaired) electrons. The van der Waals surface area contributed by atoms with Gasteiger partial charge in [0.1, 0.15) is 0 Å². The Kier molecular flexibility index (Phi) is 5.39. The van der Waals surface area contributed by atoms with E-state index in [4.69, 9.17) is 6.42 Å². The quantitative estimate of drug-likeness (QED) is 0.819. The number of terminal acetylenes is 1. The summed E-state index contributed by atoms with van der Waals surface area (Å²) >= 11 is 0. The van der Waals surface area contributed by atoms with Crippen molar-refractivity contribution in [3.8, 4) is 12.3 Å². The van der Waals surface area contributed by atoms with Crippen LogP contribution in [-0.2, 0) is 14.8 Å². The first kappa shape index (κ1) is 17.7. The van der Waals surface area contributed by atoms with Crippen LogP contribution in [-0.4, -0.2) is 20.4 Å². The van der Waals surface area contributed by atoms with Crippen LogP contribution in [0.5, 0.6) is 0 Å². The van der Waals surface area contributed by atoms with Crippen LogP contribution in [0, 0.1) is 19.3 Å². The molecule has 5 nitrogen and oxygen atoms in total. The van der Waals surface area contributed by atoms with Gasteiger partial charge in [-0.2, -0.15) is 4.72 Å². The smallest absolute Gasteiger partial charge is 0.242 e. The number of anilines is 1. The summed E-state index contributed by atoms with van der Waals surface area (Å²) in [5.41, 5.74) is 2.09. The average Bonchev–Trinajstić information content (AvgIpc) is 2.55. The molecule has 0 fully saturated rings. The summed E-state index contributed by atoms with van der Waals surface area (Å²) in [6, 6.07) is 12.2. The largest absolute Gasteiger partial charge is 0.325 e. The third-order valence-electron chi connectivity index (χ3n) is 3.35. The van der Waals surface area contributed by atoms with Gasteiger partial charge in [0.25, 0.3) is 0 Å². The second-order valence-electron chi connectivity index (χ2n) is 5.37. The lowest BCUT2D eigenvalue weighted by atomic mass is 10.2. The zero-order valence-electron chi connectivity index (χ0n) is 13.4. The van der Waals surface area contributed by atoms with Crippen LogP contribution < -0.4 is 10.0 Å². The molecule has 0 saturated carbocycles. The van der Waals surface area contributed by atoms with E-state index >= 15 is 0 Å². The molecule has 2 aromatic rings. The zero-order chi connectivity index (χ0) is 17.7. The number of rotatable bonds is 5. The van der Waals surface area contributed by atoms with Crippen molar-refractivity contribution in [2.75, 3.05) is 5.32 Å². The first-order valence-electron chi connectivity index (χ1n) is 7.28. The molecule has 0 aliphatic rings. The van der Waals surface area contributed by atoms with Crippen molar-refractivity contribution in [3.05, 3.63) is 59.7 Å². The Morgan fingerprint density at radius 3 is 2.46 bits per heavy atom. The van der Waals surface area contributed by atoms with Gasteiger partial charge in [0, 0.05) is 11.3 Å². The molecule has 0 aliphatic heterocycles. The van der Waals surface area contributed by atoms with Gasteiger partial charge in [0.05, 0.1) is 10.9 Å². The van der Waals surface area contributed by atoms with E-state index < -0.39 is 22.0 Å². The molecular formula is C18H18N2O3S. The van der Waals surface area contributed by atoms with Gasteiger partial charge in [0.15, 0.2) is 0 Å². The van der Waals surface area contributed by atoms with E-state index in [1.54, 1.807) is 36.4 Å². The third kappa shape index (κ3) is 4.44. The van der Waals surface area contributed by atoms with Crippen molar-refractivity contribution in [2.24, 2.45) is 0 Å². The SMILES string of the molecule is C#Cc1cccc(NC(=O)[C@H](C)NS(=O)(=O)c2ccc(C)cc2)c1. The van der Waals surface area contributed by atoms with Gasteiger partial charge in [-0.3, -0.25) is 4.79 Å². The maximum atomic E-state index is 12.3. The molecule has 0 saturated heterocycles. The highest BCUT2D eigenvalue weighted by molar-refractivity contribution is 7.89. The number of benzene rings is 2. The second-order valence-corrected chi connectivity index (χ2v) is 7.08. The molecule has 0 aromatic heterocycles. The minimum atomic E-state index is -3.77. The van der Waals surface area contributed by atoms with E-state index in [2.05, 4.69) is 16.0 Å². The molecule has 24 heavy (non-hydrogen) atoms. The first-order chi connectivity index (χ1) is 11.3. The Morgan fingerprint density at radius 1 is 1.17 bits per heavy atom. The fourth-order valence-corrected chi connectivity index (χ4v) is 3.21. The van der Waals surface area contributed by atoms with Crippen molar-refractivity contribution >= 4 is 21.6 Å². The molecular weight excluding hydrogens is 324 g/mol.